The molecule has 0 bridgehead atoms. The molecule has 154 valence electrons. The molecule has 7 heteroatoms. The fourth-order valence-electron chi connectivity index (χ4n) is 3.67. The summed E-state index contributed by atoms with van der Waals surface area (Å²) in [4.78, 5) is 11.5. The third-order valence-electron chi connectivity index (χ3n) is 5.17. The number of ether oxygens (including phenoxy) is 1. The fraction of sp³-hybridized carbons (Fsp3) is 0.524. The topological polar surface area (TPSA) is 54.7 Å². The predicted octanol–water partition coefficient (Wildman–Crippen LogP) is 3.70. The van der Waals surface area contributed by atoms with E-state index in [1.165, 1.54) is 11.1 Å². The molecule has 2 atom stereocenters. The van der Waals surface area contributed by atoms with Crippen molar-refractivity contribution in [1.29, 1.82) is 0 Å². The third kappa shape index (κ3) is 5.94. The van der Waals surface area contributed by atoms with Crippen LogP contribution in [0.25, 0.3) is 0 Å². The van der Waals surface area contributed by atoms with E-state index in [2.05, 4.69) is 64.1 Å². The molecule has 1 aliphatic heterocycles. The van der Waals surface area contributed by atoms with Gasteiger partial charge in [-0.05, 0) is 30.4 Å². The molecule has 1 aromatic carbocycles. The van der Waals surface area contributed by atoms with Crippen LogP contribution in [-0.2, 0) is 17.9 Å². The summed E-state index contributed by atoms with van der Waals surface area (Å²) in [5.41, 5.74) is 2.39. The van der Waals surface area contributed by atoms with Gasteiger partial charge in [0.05, 0.1) is 25.5 Å². The van der Waals surface area contributed by atoms with E-state index in [0.29, 0.717) is 25.1 Å². The van der Waals surface area contributed by atoms with Crippen LogP contribution in [0.5, 0.6) is 0 Å². The molecule has 0 spiro atoms. The van der Waals surface area contributed by atoms with Gasteiger partial charge in [0.25, 0.3) is 0 Å². The molecule has 1 aliphatic rings. The van der Waals surface area contributed by atoms with Crippen molar-refractivity contribution in [2.24, 2.45) is 10.9 Å². The van der Waals surface area contributed by atoms with Gasteiger partial charge in [0.15, 0.2) is 5.96 Å². The molecule has 6 nitrogen and oxygen atoms in total. The summed E-state index contributed by atoms with van der Waals surface area (Å²) >= 11 is 0. The van der Waals surface area contributed by atoms with Crippen molar-refractivity contribution in [3.05, 3.63) is 54.1 Å². The van der Waals surface area contributed by atoms with Crippen molar-refractivity contribution in [2.45, 2.75) is 39.5 Å². The van der Waals surface area contributed by atoms with Crippen molar-refractivity contribution in [3.63, 3.8) is 0 Å². The van der Waals surface area contributed by atoms with E-state index >= 15 is 0 Å². The molecule has 2 heterocycles. The van der Waals surface area contributed by atoms with E-state index in [1.807, 2.05) is 12.5 Å². The molecule has 2 unspecified atom stereocenters. The second-order valence-electron chi connectivity index (χ2n) is 7.21. The van der Waals surface area contributed by atoms with Gasteiger partial charge in [0.1, 0.15) is 0 Å². The molecule has 0 amide bonds. The average Bonchev–Trinajstić information content (AvgIpc) is 3.21. The van der Waals surface area contributed by atoms with Gasteiger partial charge < -0.3 is 19.5 Å². The van der Waals surface area contributed by atoms with Crippen LogP contribution >= 0.6 is 24.0 Å². The first-order valence-electron chi connectivity index (χ1n) is 9.78. The van der Waals surface area contributed by atoms with Crippen LogP contribution in [0.4, 0.5) is 0 Å². The number of hydrogen-bond acceptors (Lipinski definition) is 3. The molecule has 1 N–H and O–H groups in total. The number of imidazole rings is 1. The number of aliphatic imine (C=N–C) groups is 1. The maximum Gasteiger partial charge on any atom is 0.194 e. The van der Waals surface area contributed by atoms with Crippen LogP contribution in [0.1, 0.15) is 37.4 Å². The molecule has 1 fully saturated rings. The number of nitrogens with one attached hydrogen (secondary N) is 1. The van der Waals surface area contributed by atoms with Crippen molar-refractivity contribution in [3.8, 4) is 0 Å². The minimum atomic E-state index is 0. The lowest BCUT2D eigenvalue weighted by molar-refractivity contribution is 0.185. The van der Waals surface area contributed by atoms with Crippen molar-refractivity contribution >= 4 is 29.9 Å². The van der Waals surface area contributed by atoms with Gasteiger partial charge in [0, 0.05) is 39.1 Å². The lowest BCUT2D eigenvalue weighted by atomic mass is 9.93. The van der Waals surface area contributed by atoms with Crippen LogP contribution in [-0.4, -0.2) is 47.2 Å². The number of halogens is 1. The van der Waals surface area contributed by atoms with Crippen LogP contribution in [0.15, 0.2) is 48.0 Å². The van der Waals surface area contributed by atoms with Crippen molar-refractivity contribution in [2.75, 3.05) is 26.7 Å². The Bertz CT molecular complexity index is 734. The predicted molar refractivity (Wildman–Crippen MR) is 124 cm³/mol. The van der Waals surface area contributed by atoms with E-state index in [4.69, 9.17) is 9.73 Å². The monoisotopic (exact) mass is 497 g/mol. The van der Waals surface area contributed by atoms with Crippen LogP contribution < -0.4 is 5.32 Å². The quantitative estimate of drug-likeness (QED) is 0.376. The first-order chi connectivity index (χ1) is 13.2. The molecule has 1 saturated heterocycles. The molecule has 0 aliphatic carbocycles. The number of guanidine groups is 1. The Morgan fingerprint density at radius 3 is 2.89 bits per heavy atom. The number of methoxy groups -OCH3 is 1. The Hall–Kier alpha value is -1.61. The minimum absolute atomic E-state index is 0. The smallest absolute Gasteiger partial charge is 0.194 e. The highest BCUT2D eigenvalue weighted by Crippen LogP contribution is 2.27. The van der Waals surface area contributed by atoms with Crippen molar-refractivity contribution < 1.29 is 4.74 Å². The summed E-state index contributed by atoms with van der Waals surface area (Å²) in [6.45, 7) is 8.59. The number of likely N-dealkylation sites (tertiary alicyclic amines) is 1. The Labute approximate surface area is 185 Å². The summed E-state index contributed by atoms with van der Waals surface area (Å²) < 4.78 is 7.47. The van der Waals surface area contributed by atoms with Gasteiger partial charge in [-0.1, -0.05) is 31.2 Å². The number of benzene rings is 1. The van der Waals surface area contributed by atoms with Gasteiger partial charge in [0.2, 0.25) is 0 Å². The zero-order chi connectivity index (χ0) is 19.1. The molecular weight excluding hydrogens is 465 g/mol. The molecule has 0 saturated carbocycles. The average molecular weight is 497 g/mol. The fourth-order valence-corrected chi connectivity index (χ4v) is 3.67. The van der Waals surface area contributed by atoms with Gasteiger partial charge in [-0.15, -0.1) is 24.0 Å². The van der Waals surface area contributed by atoms with E-state index in [0.717, 1.165) is 32.0 Å². The molecule has 2 aromatic rings. The normalized spacial score (nSPS) is 20.0. The van der Waals surface area contributed by atoms with E-state index in [9.17, 15) is 0 Å². The molecule has 3 rings (SSSR count). The second-order valence-corrected chi connectivity index (χ2v) is 7.21. The van der Waals surface area contributed by atoms with Crippen molar-refractivity contribution in [1.82, 2.24) is 19.8 Å². The first kappa shape index (κ1) is 22.7. The molecule has 28 heavy (non-hydrogen) atoms. The zero-order valence-electron chi connectivity index (χ0n) is 17.0. The number of piperidine rings is 1. The highest BCUT2D eigenvalue weighted by atomic mass is 127. The largest absolute Gasteiger partial charge is 0.380 e. The standard InChI is InChI=1S/C21H31N5O.HI/c1-4-23-21(24-13-18-6-5-7-19(12-18)15-27-3)25-10-8-17(2)20(14-25)26-11-9-22-16-26;/h5-7,9,11-12,16-17,20H,4,8,10,13-15H2,1-3H3,(H,23,24);1H. The summed E-state index contributed by atoms with van der Waals surface area (Å²) in [6, 6.07) is 8.88. The summed E-state index contributed by atoms with van der Waals surface area (Å²) in [6.07, 6.45) is 7.00. The third-order valence-corrected chi connectivity index (χ3v) is 5.17. The Morgan fingerprint density at radius 2 is 2.18 bits per heavy atom. The number of rotatable bonds is 6. The molecule has 0 radical (unpaired) electrons. The highest BCUT2D eigenvalue weighted by Gasteiger charge is 2.28. The molecule has 1 aromatic heterocycles. The lowest BCUT2D eigenvalue weighted by Gasteiger charge is -2.39. The minimum Gasteiger partial charge on any atom is -0.380 e. The van der Waals surface area contributed by atoms with Crippen LogP contribution in [0.3, 0.4) is 0 Å². The Kier molecular flexibility index (Phi) is 9.24. The maximum absolute atomic E-state index is 5.24. The van der Waals surface area contributed by atoms with Crippen LogP contribution in [0, 0.1) is 5.92 Å². The highest BCUT2D eigenvalue weighted by molar-refractivity contribution is 14.0. The summed E-state index contributed by atoms with van der Waals surface area (Å²) in [5.74, 6) is 1.62. The van der Waals surface area contributed by atoms with E-state index in [-0.39, 0.29) is 24.0 Å². The lowest BCUT2D eigenvalue weighted by Crippen LogP contribution is -2.49. The van der Waals surface area contributed by atoms with Gasteiger partial charge in [-0.25, -0.2) is 9.98 Å². The van der Waals surface area contributed by atoms with E-state index in [1.54, 1.807) is 7.11 Å². The molecular formula is C21H32IN5O. The SMILES string of the molecule is CCNC(=NCc1cccc(COC)c1)N1CCC(C)C(n2ccnc2)C1.I. The first-order valence-corrected chi connectivity index (χ1v) is 9.78. The zero-order valence-corrected chi connectivity index (χ0v) is 19.4. The summed E-state index contributed by atoms with van der Waals surface area (Å²) in [5, 5.41) is 3.47. The second kappa shape index (κ2) is 11.4. The van der Waals surface area contributed by atoms with Gasteiger partial charge in [-0.2, -0.15) is 0 Å². The Morgan fingerprint density at radius 1 is 1.36 bits per heavy atom. The maximum atomic E-state index is 5.24. The van der Waals surface area contributed by atoms with Gasteiger partial charge >= 0.3 is 0 Å². The number of hydrogen-bond donors (Lipinski definition) is 1. The summed E-state index contributed by atoms with van der Waals surface area (Å²) in [7, 11) is 1.72. The van der Waals surface area contributed by atoms with E-state index < -0.39 is 0 Å². The van der Waals surface area contributed by atoms with Gasteiger partial charge in [-0.3, -0.25) is 0 Å². The number of aromatic nitrogens is 2. The Balaban J connectivity index is 0.00000280. The van der Waals surface area contributed by atoms with Crippen LogP contribution in [0.2, 0.25) is 0 Å². The number of nitrogens with zero attached hydrogens (tertiary/aromatic N) is 4.